The SMILES string of the molecule is Cc1nc2c(cc(OCC(=O)N3CCN(c4ccc([N+](=O)[O-])cn4)CC3)c3ccsc32)s1. The molecule has 0 N–H and O–H groups in total. The van der Waals surface area contributed by atoms with Crippen LogP contribution >= 0.6 is 22.7 Å². The maximum Gasteiger partial charge on any atom is 0.287 e. The van der Waals surface area contributed by atoms with Gasteiger partial charge in [-0.25, -0.2) is 9.97 Å². The van der Waals surface area contributed by atoms with Gasteiger partial charge in [0, 0.05) is 43.7 Å². The minimum atomic E-state index is -0.467. The van der Waals surface area contributed by atoms with Crippen molar-refractivity contribution in [3.63, 3.8) is 0 Å². The Kier molecular flexibility index (Phi) is 5.35. The second-order valence-corrected chi connectivity index (χ2v) is 9.56. The highest BCUT2D eigenvalue weighted by molar-refractivity contribution is 7.21. The van der Waals surface area contributed by atoms with E-state index in [0.717, 1.165) is 25.3 Å². The van der Waals surface area contributed by atoms with E-state index in [1.54, 1.807) is 33.6 Å². The molecule has 0 unspecified atom stereocenters. The van der Waals surface area contributed by atoms with Crippen molar-refractivity contribution in [2.75, 3.05) is 37.7 Å². The second-order valence-electron chi connectivity index (χ2n) is 7.41. The number of piperazine rings is 1. The molecule has 1 aromatic carbocycles. The van der Waals surface area contributed by atoms with Crippen molar-refractivity contribution < 1.29 is 14.5 Å². The van der Waals surface area contributed by atoms with Crippen molar-refractivity contribution in [3.05, 3.63) is 51.0 Å². The van der Waals surface area contributed by atoms with Gasteiger partial charge in [0.15, 0.2) is 6.61 Å². The topological polar surface area (TPSA) is 102 Å². The molecule has 0 radical (unpaired) electrons. The van der Waals surface area contributed by atoms with Gasteiger partial charge in [-0.1, -0.05) is 0 Å². The van der Waals surface area contributed by atoms with E-state index in [0.29, 0.717) is 37.7 Å². The number of thiophene rings is 1. The maximum atomic E-state index is 12.8. The van der Waals surface area contributed by atoms with Crippen LogP contribution in [0.15, 0.2) is 35.8 Å². The van der Waals surface area contributed by atoms with Crippen LogP contribution in [0.3, 0.4) is 0 Å². The van der Waals surface area contributed by atoms with E-state index in [9.17, 15) is 14.9 Å². The summed E-state index contributed by atoms with van der Waals surface area (Å²) in [4.78, 5) is 35.7. The lowest BCUT2D eigenvalue weighted by Gasteiger charge is -2.35. The lowest BCUT2D eigenvalue weighted by Crippen LogP contribution is -2.50. The van der Waals surface area contributed by atoms with Crippen LogP contribution in [0.2, 0.25) is 0 Å². The van der Waals surface area contributed by atoms with Crippen LogP contribution in [0.5, 0.6) is 5.75 Å². The van der Waals surface area contributed by atoms with Crippen molar-refractivity contribution in [2.24, 2.45) is 0 Å². The average Bonchev–Trinajstić information content (AvgIpc) is 3.43. The first-order valence-electron chi connectivity index (χ1n) is 10.0. The summed E-state index contributed by atoms with van der Waals surface area (Å²) in [6, 6.07) is 7.06. The number of ether oxygens (including phenoxy) is 1. The third-order valence-electron chi connectivity index (χ3n) is 5.42. The molecule has 3 aromatic heterocycles. The van der Waals surface area contributed by atoms with Gasteiger partial charge in [0.2, 0.25) is 0 Å². The summed E-state index contributed by atoms with van der Waals surface area (Å²) in [6.07, 6.45) is 1.26. The van der Waals surface area contributed by atoms with Crippen molar-refractivity contribution >= 4 is 60.4 Å². The monoisotopic (exact) mass is 469 g/mol. The number of amides is 1. The number of fused-ring (bicyclic) bond motifs is 3. The Bertz CT molecular complexity index is 1310. The third-order valence-corrected chi connectivity index (χ3v) is 7.26. The van der Waals surface area contributed by atoms with Gasteiger partial charge in [-0.2, -0.15) is 0 Å². The second kappa shape index (κ2) is 8.32. The Morgan fingerprint density at radius 1 is 1.25 bits per heavy atom. The zero-order valence-corrected chi connectivity index (χ0v) is 18.8. The quantitative estimate of drug-likeness (QED) is 0.323. The van der Waals surface area contributed by atoms with Crippen LogP contribution in [-0.4, -0.2) is 58.5 Å². The zero-order chi connectivity index (χ0) is 22.2. The maximum absolute atomic E-state index is 12.8. The summed E-state index contributed by atoms with van der Waals surface area (Å²) in [5.74, 6) is 1.32. The summed E-state index contributed by atoms with van der Waals surface area (Å²) >= 11 is 3.25. The molecule has 4 aromatic rings. The van der Waals surface area contributed by atoms with E-state index in [4.69, 9.17) is 4.74 Å². The minimum Gasteiger partial charge on any atom is -0.483 e. The summed E-state index contributed by atoms with van der Waals surface area (Å²) in [5.41, 5.74) is 0.957. The first-order chi connectivity index (χ1) is 15.5. The number of aromatic nitrogens is 2. The zero-order valence-electron chi connectivity index (χ0n) is 17.2. The molecule has 9 nitrogen and oxygen atoms in total. The first kappa shape index (κ1) is 20.6. The lowest BCUT2D eigenvalue weighted by atomic mass is 10.2. The van der Waals surface area contributed by atoms with E-state index >= 15 is 0 Å². The van der Waals surface area contributed by atoms with Crippen LogP contribution in [-0.2, 0) is 4.79 Å². The lowest BCUT2D eigenvalue weighted by molar-refractivity contribution is -0.385. The van der Waals surface area contributed by atoms with E-state index in [1.807, 2.05) is 29.3 Å². The molecule has 0 atom stereocenters. The van der Waals surface area contributed by atoms with E-state index in [2.05, 4.69) is 9.97 Å². The number of rotatable bonds is 5. The molecule has 1 fully saturated rings. The number of anilines is 1. The van der Waals surface area contributed by atoms with Crippen LogP contribution in [0.4, 0.5) is 11.5 Å². The Morgan fingerprint density at radius 3 is 2.78 bits per heavy atom. The molecule has 4 heterocycles. The molecule has 0 aliphatic carbocycles. The van der Waals surface area contributed by atoms with Crippen LogP contribution in [0.1, 0.15) is 5.01 Å². The minimum absolute atomic E-state index is 0.0238. The Hall–Kier alpha value is -3.31. The first-order valence-corrected chi connectivity index (χ1v) is 11.7. The number of carbonyl (C=O) groups is 1. The van der Waals surface area contributed by atoms with Gasteiger partial charge in [-0.3, -0.25) is 14.9 Å². The number of pyridine rings is 1. The molecule has 1 aliphatic rings. The molecule has 11 heteroatoms. The molecule has 164 valence electrons. The van der Waals surface area contributed by atoms with Gasteiger partial charge in [0.1, 0.15) is 17.8 Å². The highest BCUT2D eigenvalue weighted by Gasteiger charge is 2.23. The van der Waals surface area contributed by atoms with Crippen molar-refractivity contribution in [1.82, 2.24) is 14.9 Å². The summed E-state index contributed by atoms with van der Waals surface area (Å²) in [7, 11) is 0. The number of nitro groups is 1. The summed E-state index contributed by atoms with van der Waals surface area (Å²) < 4.78 is 8.10. The van der Waals surface area contributed by atoms with Gasteiger partial charge in [-0.05, 0) is 24.4 Å². The number of hydrogen-bond donors (Lipinski definition) is 0. The summed E-state index contributed by atoms with van der Waals surface area (Å²) in [6.45, 7) is 4.27. The third kappa shape index (κ3) is 3.84. The van der Waals surface area contributed by atoms with Gasteiger partial charge in [0.05, 0.1) is 24.8 Å². The average molecular weight is 470 g/mol. The molecule has 1 aliphatic heterocycles. The fourth-order valence-corrected chi connectivity index (χ4v) is 5.63. The molecule has 0 bridgehead atoms. The number of benzene rings is 1. The van der Waals surface area contributed by atoms with Gasteiger partial charge >= 0.3 is 0 Å². The predicted octanol–water partition coefficient (Wildman–Crippen LogP) is 3.85. The Morgan fingerprint density at radius 2 is 2.06 bits per heavy atom. The molecule has 5 rings (SSSR count). The molecular weight excluding hydrogens is 450 g/mol. The normalized spacial score (nSPS) is 14.3. The number of hydrogen-bond acceptors (Lipinski definition) is 9. The number of nitrogens with zero attached hydrogens (tertiary/aromatic N) is 5. The van der Waals surface area contributed by atoms with Gasteiger partial charge < -0.3 is 14.5 Å². The van der Waals surface area contributed by atoms with Crippen molar-refractivity contribution in [3.8, 4) is 5.75 Å². The van der Waals surface area contributed by atoms with E-state index in [-0.39, 0.29) is 18.2 Å². The number of carbonyl (C=O) groups excluding carboxylic acids is 1. The highest BCUT2D eigenvalue weighted by atomic mass is 32.1. The van der Waals surface area contributed by atoms with Crippen LogP contribution in [0.25, 0.3) is 20.3 Å². The number of thiazole rings is 1. The van der Waals surface area contributed by atoms with E-state index < -0.39 is 4.92 Å². The largest absolute Gasteiger partial charge is 0.483 e. The number of aryl methyl sites for hydroxylation is 1. The molecule has 0 spiro atoms. The van der Waals surface area contributed by atoms with Crippen LogP contribution < -0.4 is 9.64 Å². The van der Waals surface area contributed by atoms with Crippen LogP contribution in [0, 0.1) is 17.0 Å². The fourth-order valence-electron chi connectivity index (χ4n) is 3.80. The van der Waals surface area contributed by atoms with E-state index in [1.165, 1.54) is 12.3 Å². The Balaban J connectivity index is 1.22. The highest BCUT2D eigenvalue weighted by Crippen LogP contribution is 2.38. The standard InChI is InChI=1S/C21H19N5O4S2/c1-13-23-20-17(32-13)10-16(15-4-9-31-21(15)20)30-12-19(27)25-7-5-24(6-8-25)18-3-2-14(11-22-18)26(28)29/h2-4,9-11H,5-8,12H2,1H3. The van der Waals surface area contributed by atoms with Gasteiger partial charge in [0.25, 0.3) is 11.6 Å². The summed E-state index contributed by atoms with van der Waals surface area (Å²) in [5, 5.41) is 14.8. The molecule has 1 saturated heterocycles. The Labute approximate surface area is 191 Å². The molecule has 32 heavy (non-hydrogen) atoms. The smallest absolute Gasteiger partial charge is 0.287 e. The fraction of sp³-hybridized carbons (Fsp3) is 0.286. The molecule has 0 saturated carbocycles. The van der Waals surface area contributed by atoms with Crippen molar-refractivity contribution in [1.29, 1.82) is 0 Å². The van der Waals surface area contributed by atoms with Gasteiger partial charge in [-0.15, -0.1) is 22.7 Å². The predicted molar refractivity (Wildman–Crippen MR) is 125 cm³/mol. The molecule has 1 amide bonds. The molecular formula is C21H19N5O4S2. The van der Waals surface area contributed by atoms with Crippen molar-refractivity contribution in [2.45, 2.75) is 6.92 Å².